The Morgan fingerprint density at radius 3 is 2.62 bits per heavy atom. The summed E-state index contributed by atoms with van der Waals surface area (Å²) in [6, 6.07) is 4.34. The Hall–Kier alpha value is -1.06. The summed E-state index contributed by atoms with van der Waals surface area (Å²) >= 11 is 0. The third kappa shape index (κ3) is 3.51. The molecule has 0 spiro atoms. The van der Waals surface area contributed by atoms with Crippen LogP contribution < -0.4 is 15.8 Å². The van der Waals surface area contributed by atoms with Crippen LogP contribution >= 0.6 is 0 Å². The first kappa shape index (κ1) is 13.0. The fourth-order valence-electron chi connectivity index (χ4n) is 1.97. The maximum absolute atomic E-state index is 5.44. The van der Waals surface area contributed by atoms with E-state index in [1.165, 1.54) is 16.7 Å². The van der Waals surface area contributed by atoms with Gasteiger partial charge >= 0.3 is 0 Å². The summed E-state index contributed by atoms with van der Waals surface area (Å²) in [6.07, 6.45) is 0.978. The summed E-state index contributed by atoms with van der Waals surface area (Å²) < 4.78 is 5.44. The molecule has 0 saturated heterocycles. The van der Waals surface area contributed by atoms with Gasteiger partial charge in [0.15, 0.2) is 0 Å². The van der Waals surface area contributed by atoms with Crippen molar-refractivity contribution >= 4 is 0 Å². The molecule has 3 N–H and O–H groups in total. The molecule has 3 heteroatoms. The van der Waals surface area contributed by atoms with Crippen molar-refractivity contribution in [3.05, 3.63) is 28.8 Å². The maximum atomic E-state index is 5.44. The van der Waals surface area contributed by atoms with Crippen molar-refractivity contribution < 1.29 is 4.74 Å². The summed E-state index contributed by atoms with van der Waals surface area (Å²) in [5.41, 5.74) is 9.18. The first-order valence-corrected chi connectivity index (χ1v) is 5.74. The maximum Gasteiger partial charge on any atom is 0.125 e. The number of hydrogen-bond acceptors (Lipinski definition) is 3. The Morgan fingerprint density at radius 2 is 2.00 bits per heavy atom. The normalized spacial score (nSPS) is 10.5. The van der Waals surface area contributed by atoms with Crippen LogP contribution in [0.3, 0.4) is 0 Å². The van der Waals surface area contributed by atoms with Gasteiger partial charge in [0, 0.05) is 13.1 Å². The van der Waals surface area contributed by atoms with Gasteiger partial charge in [-0.05, 0) is 37.9 Å². The summed E-state index contributed by atoms with van der Waals surface area (Å²) in [6.45, 7) is 6.69. The van der Waals surface area contributed by atoms with Crippen molar-refractivity contribution in [2.75, 3.05) is 26.7 Å². The number of hydrogen-bond donors (Lipinski definition) is 2. The molecule has 1 aromatic rings. The molecule has 1 aromatic carbocycles. The minimum Gasteiger partial charge on any atom is -0.496 e. The molecule has 0 aliphatic heterocycles. The highest BCUT2D eigenvalue weighted by Crippen LogP contribution is 2.25. The van der Waals surface area contributed by atoms with Gasteiger partial charge in [0.2, 0.25) is 0 Å². The van der Waals surface area contributed by atoms with Gasteiger partial charge in [0.05, 0.1) is 7.11 Å². The molecule has 3 nitrogen and oxygen atoms in total. The Bertz CT molecular complexity index is 337. The van der Waals surface area contributed by atoms with E-state index < -0.39 is 0 Å². The van der Waals surface area contributed by atoms with Crippen molar-refractivity contribution in [3.63, 3.8) is 0 Å². The molecule has 0 radical (unpaired) electrons. The number of benzene rings is 1. The second-order valence-electron chi connectivity index (χ2n) is 4.06. The zero-order chi connectivity index (χ0) is 12.0. The molecule has 0 fully saturated rings. The number of nitrogens with two attached hydrogens (primary N) is 1. The monoisotopic (exact) mass is 222 g/mol. The van der Waals surface area contributed by atoms with Gasteiger partial charge in [-0.3, -0.25) is 0 Å². The van der Waals surface area contributed by atoms with E-state index in [4.69, 9.17) is 10.5 Å². The average molecular weight is 222 g/mol. The van der Waals surface area contributed by atoms with E-state index in [0.29, 0.717) is 6.54 Å². The van der Waals surface area contributed by atoms with Crippen molar-refractivity contribution in [1.82, 2.24) is 5.32 Å². The van der Waals surface area contributed by atoms with Crippen molar-refractivity contribution in [3.8, 4) is 5.75 Å². The molecule has 0 aliphatic rings. The van der Waals surface area contributed by atoms with Crippen LogP contribution in [0.5, 0.6) is 5.75 Å². The molecule has 0 atom stereocenters. The molecule has 90 valence electrons. The van der Waals surface area contributed by atoms with Crippen molar-refractivity contribution in [2.24, 2.45) is 5.73 Å². The molecular formula is C13H22N2O. The highest BCUT2D eigenvalue weighted by molar-refractivity contribution is 5.43. The average Bonchev–Trinajstić information content (AvgIpc) is 2.24. The van der Waals surface area contributed by atoms with Crippen LogP contribution in [0.15, 0.2) is 12.1 Å². The lowest BCUT2D eigenvalue weighted by atomic mass is 10.0. The van der Waals surface area contributed by atoms with E-state index in [2.05, 4.69) is 31.3 Å². The SMILES string of the molecule is COc1c(C)cc(C)cc1CCNCCN. The number of methoxy groups -OCH3 is 1. The first-order chi connectivity index (χ1) is 7.69. The number of aryl methyl sites for hydroxylation is 2. The minimum atomic E-state index is 0.685. The molecule has 0 amide bonds. The fourth-order valence-corrected chi connectivity index (χ4v) is 1.97. The van der Waals surface area contributed by atoms with E-state index >= 15 is 0 Å². The summed E-state index contributed by atoms with van der Waals surface area (Å²) in [5.74, 6) is 1.01. The molecule has 0 aliphatic carbocycles. The van der Waals surface area contributed by atoms with Gasteiger partial charge in [0.1, 0.15) is 5.75 Å². The molecule has 0 aromatic heterocycles. The van der Waals surface area contributed by atoms with Crippen LogP contribution in [0.25, 0.3) is 0 Å². The standard InChI is InChI=1S/C13H22N2O/c1-10-8-11(2)13(16-3)12(9-10)4-6-15-7-5-14/h8-9,15H,4-7,14H2,1-3H3. The van der Waals surface area contributed by atoms with E-state index in [1.807, 2.05) is 0 Å². The zero-order valence-electron chi connectivity index (χ0n) is 10.5. The Morgan fingerprint density at radius 1 is 1.25 bits per heavy atom. The molecule has 0 heterocycles. The highest BCUT2D eigenvalue weighted by atomic mass is 16.5. The second kappa shape index (κ2) is 6.51. The Balaban J connectivity index is 2.69. The topological polar surface area (TPSA) is 47.3 Å². The predicted molar refractivity (Wildman–Crippen MR) is 68.1 cm³/mol. The summed E-state index contributed by atoms with van der Waals surface area (Å²) in [5, 5.41) is 3.29. The first-order valence-electron chi connectivity index (χ1n) is 5.74. The largest absolute Gasteiger partial charge is 0.496 e. The van der Waals surface area contributed by atoms with Gasteiger partial charge in [-0.25, -0.2) is 0 Å². The van der Waals surface area contributed by atoms with Crippen LogP contribution in [0.1, 0.15) is 16.7 Å². The van der Waals surface area contributed by atoms with E-state index in [-0.39, 0.29) is 0 Å². The molecule has 16 heavy (non-hydrogen) atoms. The number of rotatable bonds is 6. The van der Waals surface area contributed by atoms with E-state index in [9.17, 15) is 0 Å². The van der Waals surface area contributed by atoms with Crippen LogP contribution in [-0.4, -0.2) is 26.7 Å². The molecule has 0 unspecified atom stereocenters. The van der Waals surface area contributed by atoms with Gasteiger partial charge < -0.3 is 15.8 Å². The van der Waals surface area contributed by atoms with Gasteiger partial charge in [-0.15, -0.1) is 0 Å². The lowest BCUT2D eigenvalue weighted by molar-refractivity contribution is 0.406. The van der Waals surface area contributed by atoms with E-state index in [1.54, 1.807) is 7.11 Å². The van der Waals surface area contributed by atoms with Gasteiger partial charge in [-0.1, -0.05) is 17.7 Å². The lowest BCUT2D eigenvalue weighted by Gasteiger charge is -2.13. The molecule has 0 saturated carbocycles. The zero-order valence-corrected chi connectivity index (χ0v) is 10.5. The second-order valence-corrected chi connectivity index (χ2v) is 4.06. The van der Waals surface area contributed by atoms with Crippen LogP contribution in [-0.2, 0) is 6.42 Å². The van der Waals surface area contributed by atoms with Gasteiger partial charge in [-0.2, -0.15) is 0 Å². The summed E-state index contributed by atoms with van der Waals surface area (Å²) in [7, 11) is 1.73. The Labute approximate surface area is 98.0 Å². The molecule has 0 bridgehead atoms. The molecular weight excluding hydrogens is 200 g/mol. The Kier molecular flexibility index (Phi) is 5.29. The van der Waals surface area contributed by atoms with E-state index in [0.717, 1.165) is 25.3 Å². The van der Waals surface area contributed by atoms with Crippen LogP contribution in [0.4, 0.5) is 0 Å². The summed E-state index contributed by atoms with van der Waals surface area (Å²) in [4.78, 5) is 0. The number of nitrogens with one attached hydrogen (secondary N) is 1. The minimum absolute atomic E-state index is 0.685. The van der Waals surface area contributed by atoms with Gasteiger partial charge in [0.25, 0.3) is 0 Å². The lowest BCUT2D eigenvalue weighted by Crippen LogP contribution is -2.24. The smallest absolute Gasteiger partial charge is 0.125 e. The third-order valence-electron chi connectivity index (χ3n) is 2.59. The van der Waals surface area contributed by atoms with Crippen LogP contribution in [0, 0.1) is 13.8 Å². The quantitative estimate of drug-likeness (QED) is 0.715. The third-order valence-corrected chi connectivity index (χ3v) is 2.59. The predicted octanol–water partition coefficient (Wildman–Crippen LogP) is 1.40. The number of ether oxygens (including phenoxy) is 1. The molecule has 1 rings (SSSR count). The highest BCUT2D eigenvalue weighted by Gasteiger charge is 2.06. The van der Waals surface area contributed by atoms with Crippen molar-refractivity contribution in [2.45, 2.75) is 20.3 Å². The fraction of sp³-hybridized carbons (Fsp3) is 0.538. The van der Waals surface area contributed by atoms with Crippen molar-refractivity contribution in [1.29, 1.82) is 0 Å². The van der Waals surface area contributed by atoms with Crippen LogP contribution in [0.2, 0.25) is 0 Å².